The summed E-state index contributed by atoms with van der Waals surface area (Å²) in [5, 5.41) is 28.7. The molecule has 1 unspecified atom stereocenters. The lowest BCUT2D eigenvalue weighted by Crippen LogP contribution is -2.43. The highest BCUT2D eigenvalue weighted by Gasteiger charge is 2.28. The number of nitro groups is 1. The first-order chi connectivity index (χ1) is 9.68. The number of likely N-dealkylation sites (N-methyl/N-ethyl adjacent to an activating group) is 1. The predicted molar refractivity (Wildman–Crippen MR) is 81.5 cm³/mol. The summed E-state index contributed by atoms with van der Waals surface area (Å²) in [5.41, 5.74) is -0.521. The summed E-state index contributed by atoms with van der Waals surface area (Å²) >= 11 is 0. The summed E-state index contributed by atoms with van der Waals surface area (Å²) in [6.07, 6.45) is 1.34. The molecule has 21 heavy (non-hydrogen) atoms. The number of aromatic nitrogens is 2. The molecule has 0 saturated heterocycles. The van der Waals surface area contributed by atoms with E-state index in [0.717, 1.165) is 6.42 Å². The highest BCUT2D eigenvalue weighted by molar-refractivity contribution is 5.60. The minimum Gasteiger partial charge on any atom is -0.387 e. The second-order valence-corrected chi connectivity index (χ2v) is 5.86. The normalized spacial score (nSPS) is 14.2. The zero-order chi connectivity index (χ0) is 16.2. The van der Waals surface area contributed by atoms with Crippen LogP contribution in [0.1, 0.15) is 26.0 Å². The van der Waals surface area contributed by atoms with Crippen LogP contribution >= 0.6 is 0 Å². The van der Waals surface area contributed by atoms with Crippen molar-refractivity contribution in [1.82, 2.24) is 14.7 Å². The Labute approximate surface area is 124 Å². The van der Waals surface area contributed by atoms with E-state index in [1.165, 1.54) is 4.68 Å². The van der Waals surface area contributed by atoms with E-state index in [9.17, 15) is 15.2 Å². The van der Waals surface area contributed by atoms with Gasteiger partial charge in [0.15, 0.2) is 0 Å². The predicted octanol–water partition coefficient (Wildman–Crippen LogP) is 1.01. The molecule has 0 aliphatic rings. The molecule has 1 heterocycles. The highest BCUT2D eigenvalue weighted by atomic mass is 16.6. The van der Waals surface area contributed by atoms with Crippen LogP contribution in [0.5, 0.6) is 0 Å². The van der Waals surface area contributed by atoms with Crippen molar-refractivity contribution in [2.75, 3.05) is 32.5 Å². The van der Waals surface area contributed by atoms with Crippen molar-refractivity contribution in [2.24, 2.45) is 7.05 Å². The standard InChI is InChI=1S/C13H25N5O3/c1-6-7-10-11(18(20)21)12(17(5)15-10)14-8-13(2,19)9-16(3)4/h14,19H,6-9H2,1-5H3. The van der Waals surface area contributed by atoms with Crippen molar-refractivity contribution in [3.63, 3.8) is 0 Å². The summed E-state index contributed by atoms with van der Waals surface area (Å²) in [7, 11) is 5.38. The Hall–Kier alpha value is -1.67. The maximum Gasteiger partial charge on any atom is 0.333 e. The van der Waals surface area contributed by atoms with E-state index in [4.69, 9.17) is 0 Å². The Morgan fingerprint density at radius 3 is 2.62 bits per heavy atom. The lowest BCUT2D eigenvalue weighted by Gasteiger charge is -2.27. The van der Waals surface area contributed by atoms with Crippen LogP contribution in [0, 0.1) is 10.1 Å². The van der Waals surface area contributed by atoms with Gasteiger partial charge in [0.2, 0.25) is 5.82 Å². The topological polar surface area (TPSA) is 96.5 Å². The zero-order valence-corrected chi connectivity index (χ0v) is 13.4. The number of nitrogens with zero attached hydrogens (tertiary/aromatic N) is 4. The molecule has 8 heteroatoms. The molecule has 8 nitrogen and oxygen atoms in total. The van der Waals surface area contributed by atoms with Gasteiger partial charge in [0.05, 0.1) is 10.5 Å². The average Bonchev–Trinajstić information content (AvgIpc) is 2.62. The first kappa shape index (κ1) is 17.4. The summed E-state index contributed by atoms with van der Waals surface area (Å²) in [5.74, 6) is 0.336. The number of nitrogens with one attached hydrogen (secondary N) is 1. The van der Waals surface area contributed by atoms with Gasteiger partial charge in [-0.25, -0.2) is 4.68 Å². The van der Waals surface area contributed by atoms with Gasteiger partial charge in [-0.05, 0) is 27.4 Å². The van der Waals surface area contributed by atoms with Crippen LogP contribution in [0.2, 0.25) is 0 Å². The molecule has 0 fully saturated rings. The number of aliphatic hydroxyl groups is 1. The molecule has 0 aliphatic carbocycles. The van der Waals surface area contributed by atoms with Crippen molar-refractivity contribution in [3.8, 4) is 0 Å². The average molecular weight is 299 g/mol. The van der Waals surface area contributed by atoms with Crippen LogP contribution in [-0.2, 0) is 13.5 Å². The third-order valence-electron chi connectivity index (χ3n) is 3.05. The van der Waals surface area contributed by atoms with Crippen molar-refractivity contribution in [1.29, 1.82) is 0 Å². The SMILES string of the molecule is CCCc1nn(C)c(NCC(C)(O)CN(C)C)c1[N+](=O)[O-]. The fraction of sp³-hybridized carbons (Fsp3) is 0.769. The van der Waals surface area contributed by atoms with Gasteiger partial charge >= 0.3 is 5.69 Å². The van der Waals surface area contributed by atoms with E-state index < -0.39 is 10.5 Å². The van der Waals surface area contributed by atoms with Crippen LogP contribution < -0.4 is 5.32 Å². The monoisotopic (exact) mass is 299 g/mol. The highest BCUT2D eigenvalue weighted by Crippen LogP contribution is 2.29. The van der Waals surface area contributed by atoms with Gasteiger partial charge in [-0.3, -0.25) is 10.1 Å². The van der Waals surface area contributed by atoms with Crippen molar-refractivity contribution in [2.45, 2.75) is 32.3 Å². The minimum atomic E-state index is -0.993. The van der Waals surface area contributed by atoms with E-state index in [1.807, 2.05) is 25.9 Å². The molecule has 0 aliphatic heterocycles. The second-order valence-electron chi connectivity index (χ2n) is 5.86. The smallest absolute Gasteiger partial charge is 0.333 e. The Morgan fingerprint density at radius 2 is 2.14 bits per heavy atom. The summed E-state index contributed by atoms with van der Waals surface area (Å²) in [6, 6.07) is 0. The van der Waals surface area contributed by atoms with Gasteiger partial charge in [-0.2, -0.15) is 5.10 Å². The maximum atomic E-state index is 11.3. The fourth-order valence-corrected chi connectivity index (χ4v) is 2.37. The summed E-state index contributed by atoms with van der Waals surface area (Å²) in [4.78, 5) is 12.7. The number of rotatable bonds is 8. The maximum absolute atomic E-state index is 11.3. The largest absolute Gasteiger partial charge is 0.387 e. The van der Waals surface area contributed by atoms with Crippen LogP contribution in [0.4, 0.5) is 11.5 Å². The quantitative estimate of drug-likeness (QED) is 0.549. The number of hydrogen-bond acceptors (Lipinski definition) is 6. The van der Waals surface area contributed by atoms with E-state index in [2.05, 4.69) is 10.4 Å². The Kier molecular flexibility index (Phi) is 5.68. The molecule has 0 bridgehead atoms. The Morgan fingerprint density at radius 1 is 1.52 bits per heavy atom. The molecule has 0 amide bonds. The van der Waals surface area contributed by atoms with Crippen LogP contribution in [-0.4, -0.2) is 57.5 Å². The van der Waals surface area contributed by atoms with E-state index in [1.54, 1.807) is 14.0 Å². The molecule has 1 aromatic heterocycles. The first-order valence-electron chi connectivity index (χ1n) is 6.99. The van der Waals surface area contributed by atoms with Crippen molar-refractivity contribution < 1.29 is 10.0 Å². The molecular weight excluding hydrogens is 274 g/mol. The molecule has 1 rings (SSSR count). The minimum absolute atomic E-state index is 0.00000283. The van der Waals surface area contributed by atoms with Gasteiger partial charge in [-0.15, -0.1) is 0 Å². The van der Waals surface area contributed by atoms with E-state index in [0.29, 0.717) is 24.5 Å². The summed E-state index contributed by atoms with van der Waals surface area (Å²) in [6.45, 7) is 4.30. The third-order valence-corrected chi connectivity index (χ3v) is 3.05. The number of hydrogen-bond donors (Lipinski definition) is 2. The van der Waals surface area contributed by atoms with Gasteiger partial charge in [-0.1, -0.05) is 13.3 Å². The molecule has 1 atom stereocenters. The third kappa shape index (κ3) is 4.68. The molecular formula is C13H25N5O3. The second kappa shape index (κ2) is 6.86. The Bertz CT molecular complexity index is 496. The van der Waals surface area contributed by atoms with Crippen molar-refractivity contribution in [3.05, 3.63) is 15.8 Å². The van der Waals surface area contributed by atoms with Gasteiger partial charge in [0, 0.05) is 20.1 Å². The van der Waals surface area contributed by atoms with Crippen LogP contribution in [0.3, 0.4) is 0 Å². The van der Waals surface area contributed by atoms with Gasteiger partial charge < -0.3 is 15.3 Å². The zero-order valence-electron chi connectivity index (χ0n) is 13.4. The number of aryl methyl sites for hydroxylation is 2. The molecule has 0 saturated carbocycles. The van der Waals surface area contributed by atoms with Crippen LogP contribution in [0.15, 0.2) is 0 Å². The lowest BCUT2D eigenvalue weighted by molar-refractivity contribution is -0.384. The summed E-state index contributed by atoms with van der Waals surface area (Å²) < 4.78 is 1.47. The molecule has 2 N–H and O–H groups in total. The number of anilines is 1. The van der Waals surface area contributed by atoms with Crippen molar-refractivity contribution >= 4 is 11.5 Å². The molecule has 1 aromatic rings. The molecule has 0 radical (unpaired) electrons. The molecule has 0 aromatic carbocycles. The molecule has 0 spiro atoms. The van der Waals surface area contributed by atoms with Gasteiger partial charge in [0.25, 0.3) is 0 Å². The Balaban J connectivity index is 2.95. The molecule has 120 valence electrons. The lowest BCUT2D eigenvalue weighted by atomic mass is 10.1. The van der Waals surface area contributed by atoms with E-state index in [-0.39, 0.29) is 12.2 Å². The van der Waals surface area contributed by atoms with Gasteiger partial charge in [0.1, 0.15) is 5.69 Å². The van der Waals surface area contributed by atoms with E-state index >= 15 is 0 Å². The fourth-order valence-electron chi connectivity index (χ4n) is 2.37. The van der Waals surface area contributed by atoms with Crippen LogP contribution in [0.25, 0.3) is 0 Å². The first-order valence-corrected chi connectivity index (χ1v) is 6.99.